The second-order valence-electron chi connectivity index (χ2n) is 3.51. The molecule has 1 aromatic carbocycles. The van der Waals surface area contributed by atoms with Crippen LogP contribution < -0.4 is 5.32 Å². The summed E-state index contributed by atoms with van der Waals surface area (Å²) >= 11 is 5.78. The first kappa shape index (κ1) is 14.6. The van der Waals surface area contributed by atoms with Gasteiger partial charge in [-0.3, -0.25) is 9.59 Å². The SMILES string of the molecule is COCC(=O)C(OC)C(=O)Nc1cccc(Cl)c1. The molecule has 1 unspecified atom stereocenters. The second-order valence-corrected chi connectivity index (χ2v) is 3.95. The predicted molar refractivity (Wildman–Crippen MR) is 67.8 cm³/mol. The average molecular weight is 272 g/mol. The minimum atomic E-state index is -1.19. The van der Waals surface area contributed by atoms with E-state index in [1.807, 2.05) is 0 Å². The van der Waals surface area contributed by atoms with Crippen LogP contribution in [0.2, 0.25) is 5.02 Å². The number of methoxy groups -OCH3 is 2. The summed E-state index contributed by atoms with van der Waals surface area (Å²) in [5, 5.41) is 3.04. The van der Waals surface area contributed by atoms with Crippen LogP contribution in [0.1, 0.15) is 0 Å². The van der Waals surface area contributed by atoms with Gasteiger partial charge in [-0.15, -0.1) is 0 Å². The lowest BCUT2D eigenvalue weighted by Gasteiger charge is -2.13. The Labute approximate surface area is 110 Å². The summed E-state index contributed by atoms with van der Waals surface area (Å²) in [6.07, 6.45) is -1.19. The molecule has 0 saturated carbocycles. The summed E-state index contributed by atoms with van der Waals surface area (Å²) < 4.78 is 9.53. The summed E-state index contributed by atoms with van der Waals surface area (Å²) in [4.78, 5) is 23.4. The van der Waals surface area contributed by atoms with Crippen molar-refractivity contribution in [2.24, 2.45) is 0 Å². The van der Waals surface area contributed by atoms with Crippen molar-refractivity contribution >= 4 is 29.0 Å². The highest BCUT2D eigenvalue weighted by molar-refractivity contribution is 6.31. The van der Waals surface area contributed by atoms with Gasteiger partial charge in [0.15, 0.2) is 11.9 Å². The molecule has 0 aliphatic rings. The standard InChI is InChI=1S/C12H14ClNO4/c1-17-7-10(15)11(18-2)12(16)14-9-5-3-4-8(13)6-9/h3-6,11H,7H2,1-2H3,(H,14,16). The normalized spacial score (nSPS) is 11.9. The number of hydrogen-bond acceptors (Lipinski definition) is 4. The fraction of sp³-hybridized carbons (Fsp3) is 0.333. The van der Waals surface area contributed by atoms with E-state index in [0.29, 0.717) is 10.7 Å². The third kappa shape index (κ3) is 4.10. The first-order valence-corrected chi connectivity index (χ1v) is 5.57. The van der Waals surface area contributed by atoms with Crippen molar-refractivity contribution in [3.05, 3.63) is 29.3 Å². The van der Waals surface area contributed by atoms with Crippen LogP contribution >= 0.6 is 11.6 Å². The molecule has 0 aliphatic heterocycles. The zero-order valence-corrected chi connectivity index (χ0v) is 10.9. The summed E-state index contributed by atoms with van der Waals surface area (Å²) in [5.41, 5.74) is 0.500. The molecule has 0 heterocycles. The van der Waals surface area contributed by atoms with E-state index in [1.54, 1.807) is 24.3 Å². The number of ether oxygens (including phenoxy) is 2. The Morgan fingerprint density at radius 3 is 2.67 bits per heavy atom. The minimum absolute atomic E-state index is 0.179. The molecule has 0 fully saturated rings. The molecule has 5 nitrogen and oxygen atoms in total. The van der Waals surface area contributed by atoms with Crippen LogP contribution in [0, 0.1) is 0 Å². The highest BCUT2D eigenvalue weighted by Gasteiger charge is 2.25. The van der Waals surface area contributed by atoms with Gasteiger partial charge in [-0.25, -0.2) is 0 Å². The molecule has 1 aromatic rings. The van der Waals surface area contributed by atoms with Gasteiger partial charge in [-0.1, -0.05) is 17.7 Å². The monoisotopic (exact) mass is 271 g/mol. The van der Waals surface area contributed by atoms with Crippen molar-refractivity contribution in [1.29, 1.82) is 0 Å². The fourth-order valence-electron chi connectivity index (χ4n) is 1.38. The Morgan fingerprint density at radius 2 is 2.11 bits per heavy atom. The van der Waals surface area contributed by atoms with Crippen molar-refractivity contribution in [1.82, 2.24) is 0 Å². The molecule has 6 heteroatoms. The van der Waals surface area contributed by atoms with Gasteiger partial charge >= 0.3 is 0 Å². The third-order valence-corrected chi connectivity index (χ3v) is 2.38. The molecule has 18 heavy (non-hydrogen) atoms. The van der Waals surface area contributed by atoms with Gasteiger partial charge in [0.05, 0.1) is 0 Å². The van der Waals surface area contributed by atoms with Gasteiger partial charge in [-0.2, -0.15) is 0 Å². The molecule has 1 atom stereocenters. The maximum Gasteiger partial charge on any atom is 0.261 e. The van der Waals surface area contributed by atoms with Gasteiger partial charge in [0.1, 0.15) is 6.61 Å². The highest BCUT2D eigenvalue weighted by Crippen LogP contribution is 2.15. The van der Waals surface area contributed by atoms with E-state index in [0.717, 1.165) is 0 Å². The number of carbonyl (C=O) groups excluding carboxylic acids is 2. The molecular formula is C12H14ClNO4. The molecule has 0 bridgehead atoms. The maximum atomic E-state index is 11.8. The van der Waals surface area contributed by atoms with Gasteiger partial charge in [0.2, 0.25) is 0 Å². The number of halogens is 1. The third-order valence-electron chi connectivity index (χ3n) is 2.15. The Balaban J connectivity index is 2.71. The van der Waals surface area contributed by atoms with Crippen molar-refractivity contribution < 1.29 is 19.1 Å². The zero-order chi connectivity index (χ0) is 13.5. The highest BCUT2D eigenvalue weighted by atomic mass is 35.5. The zero-order valence-electron chi connectivity index (χ0n) is 10.1. The number of benzene rings is 1. The van der Waals surface area contributed by atoms with E-state index in [9.17, 15) is 9.59 Å². The van der Waals surface area contributed by atoms with Gasteiger partial charge in [0, 0.05) is 24.9 Å². The van der Waals surface area contributed by atoms with Crippen molar-refractivity contribution in [2.75, 3.05) is 26.1 Å². The molecule has 1 amide bonds. The van der Waals surface area contributed by atoms with E-state index in [-0.39, 0.29) is 6.61 Å². The van der Waals surface area contributed by atoms with E-state index in [1.165, 1.54) is 14.2 Å². The van der Waals surface area contributed by atoms with E-state index >= 15 is 0 Å². The number of Topliss-reactive ketones (excluding diaryl/α,β-unsaturated/α-hetero) is 1. The van der Waals surface area contributed by atoms with E-state index in [2.05, 4.69) is 10.1 Å². The lowest BCUT2D eigenvalue weighted by Crippen LogP contribution is -2.38. The van der Waals surface area contributed by atoms with Crippen LogP contribution in [0.5, 0.6) is 0 Å². The van der Waals surface area contributed by atoms with Crippen LogP contribution in [-0.4, -0.2) is 38.6 Å². The molecule has 0 saturated heterocycles. The molecule has 0 spiro atoms. The van der Waals surface area contributed by atoms with Crippen molar-refractivity contribution in [3.63, 3.8) is 0 Å². The van der Waals surface area contributed by atoms with Crippen molar-refractivity contribution in [3.8, 4) is 0 Å². The van der Waals surface area contributed by atoms with Crippen LogP contribution in [0.15, 0.2) is 24.3 Å². The number of anilines is 1. The van der Waals surface area contributed by atoms with Crippen LogP contribution in [0.4, 0.5) is 5.69 Å². The average Bonchev–Trinajstić information content (AvgIpc) is 2.30. The predicted octanol–water partition coefficient (Wildman–Crippen LogP) is 1.51. The number of rotatable bonds is 6. The van der Waals surface area contributed by atoms with Crippen LogP contribution in [-0.2, 0) is 19.1 Å². The Kier molecular flexibility index (Phi) is 5.77. The topological polar surface area (TPSA) is 64.6 Å². The molecule has 1 rings (SSSR count). The number of amides is 1. The fourth-order valence-corrected chi connectivity index (χ4v) is 1.57. The van der Waals surface area contributed by atoms with Crippen molar-refractivity contribution in [2.45, 2.75) is 6.10 Å². The largest absolute Gasteiger partial charge is 0.377 e. The Bertz CT molecular complexity index is 436. The molecule has 0 radical (unpaired) electrons. The number of carbonyl (C=O) groups is 2. The number of hydrogen-bond donors (Lipinski definition) is 1. The minimum Gasteiger partial charge on any atom is -0.377 e. The summed E-state index contributed by atoms with van der Waals surface area (Å²) in [5.74, 6) is -0.999. The Hall–Kier alpha value is -1.43. The maximum absolute atomic E-state index is 11.8. The molecule has 0 aromatic heterocycles. The Morgan fingerprint density at radius 1 is 1.39 bits per heavy atom. The van der Waals surface area contributed by atoms with Crippen LogP contribution in [0.25, 0.3) is 0 Å². The molecule has 98 valence electrons. The van der Waals surface area contributed by atoms with E-state index in [4.69, 9.17) is 16.3 Å². The number of ketones is 1. The molecule has 1 N–H and O–H groups in total. The van der Waals surface area contributed by atoms with Gasteiger partial charge in [-0.05, 0) is 18.2 Å². The van der Waals surface area contributed by atoms with E-state index < -0.39 is 17.8 Å². The summed E-state index contributed by atoms with van der Waals surface area (Å²) in [7, 11) is 2.66. The van der Waals surface area contributed by atoms with Gasteiger partial charge in [0.25, 0.3) is 5.91 Å². The molecule has 0 aliphatic carbocycles. The number of nitrogens with one attached hydrogen (secondary N) is 1. The lowest BCUT2D eigenvalue weighted by molar-refractivity contribution is -0.141. The quantitative estimate of drug-likeness (QED) is 0.797. The first-order valence-electron chi connectivity index (χ1n) is 5.19. The first-order chi connectivity index (χ1) is 8.58. The van der Waals surface area contributed by atoms with Gasteiger partial charge < -0.3 is 14.8 Å². The lowest BCUT2D eigenvalue weighted by atomic mass is 10.2. The molecular weight excluding hydrogens is 258 g/mol. The smallest absolute Gasteiger partial charge is 0.261 e. The summed E-state index contributed by atoms with van der Waals surface area (Å²) in [6.45, 7) is -0.179. The summed E-state index contributed by atoms with van der Waals surface area (Å²) in [6, 6.07) is 6.61. The van der Waals surface area contributed by atoms with Crippen LogP contribution in [0.3, 0.4) is 0 Å². The second kappa shape index (κ2) is 7.10.